The van der Waals surface area contributed by atoms with Gasteiger partial charge in [0.1, 0.15) is 48.1 Å². The molecule has 0 saturated carbocycles. The lowest BCUT2D eigenvalue weighted by Gasteiger charge is -2.37. The first kappa shape index (κ1) is 21.9. The van der Waals surface area contributed by atoms with Gasteiger partial charge < -0.3 is 49.6 Å². The third-order valence-electron chi connectivity index (χ3n) is 5.15. The summed E-state index contributed by atoms with van der Waals surface area (Å²) in [5, 5.41) is 68.5. The highest BCUT2D eigenvalue weighted by molar-refractivity contribution is 5.88. The van der Waals surface area contributed by atoms with Crippen LogP contribution in [0.3, 0.4) is 0 Å². The molecule has 1 fully saturated rings. The smallest absolute Gasteiger partial charge is 0.297 e. The summed E-state index contributed by atoms with van der Waals surface area (Å²) in [6.07, 6.45) is -8.14. The number of fused-ring (bicyclic) bond motifs is 1. The molecular weight excluding hydrogens is 428 g/mol. The minimum atomic E-state index is -1.78. The number of rotatable bonds is 4. The molecule has 0 bridgehead atoms. The minimum absolute atomic E-state index is 0.0584. The number of aliphatic hydroxyl groups is 4. The number of benzene rings is 2. The van der Waals surface area contributed by atoms with Gasteiger partial charge in [0.2, 0.25) is 5.43 Å². The van der Waals surface area contributed by atoms with Crippen LogP contribution in [0.1, 0.15) is 0 Å². The molecule has 1 aromatic heterocycles. The van der Waals surface area contributed by atoms with E-state index >= 15 is 0 Å². The van der Waals surface area contributed by atoms with Gasteiger partial charge in [-0.15, -0.1) is 0 Å². The fraction of sp³-hybridized carbons (Fsp3) is 0.286. The summed E-state index contributed by atoms with van der Waals surface area (Å²) in [5.74, 6) is -1.34. The Morgan fingerprint density at radius 1 is 0.875 bits per heavy atom. The summed E-state index contributed by atoms with van der Waals surface area (Å²) in [6, 6.07) is 7.56. The summed E-state index contributed by atoms with van der Waals surface area (Å²) in [6.45, 7) is -0.514. The molecule has 5 unspecified atom stereocenters. The van der Waals surface area contributed by atoms with Crippen molar-refractivity contribution < 1.29 is 49.6 Å². The molecule has 11 heteroatoms. The van der Waals surface area contributed by atoms with Gasteiger partial charge in [0.15, 0.2) is 17.6 Å². The van der Waals surface area contributed by atoms with E-state index in [-0.39, 0.29) is 39.5 Å². The van der Waals surface area contributed by atoms with Gasteiger partial charge in [-0.1, -0.05) is 12.1 Å². The van der Waals surface area contributed by atoms with E-state index in [1.807, 2.05) is 0 Å². The van der Waals surface area contributed by atoms with Crippen LogP contribution in [0.5, 0.6) is 23.2 Å². The standard InChI is InChI=1S/C21H20O11/c22-9-3-1-8(2-4-9)14-15(25)11-5-10(23)6-12(24)19(11)32-21(14)30-7-13-16(26)17(27)18(28)20(29)31-13/h1-6,13,16-18,20,22-24,26-29H,7H2. The Balaban J connectivity index is 1.78. The topological polar surface area (TPSA) is 190 Å². The van der Waals surface area contributed by atoms with E-state index < -0.39 is 48.5 Å². The van der Waals surface area contributed by atoms with Gasteiger partial charge in [0.05, 0.1) is 5.39 Å². The van der Waals surface area contributed by atoms with E-state index in [0.717, 1.165) is 12.1 Å². The molecule has 0 aliphatic carbocycles. The van der Waals surface area contributed by atoms with E-state index in [0.29, 0.717) is 0 Å². The van der Waals surface area contributed by atoms with E-state index in [1.54, 1.807) is 0 Å². The molecule has 2 aromatic carbocycles. The second kappa shape index (κ2) is 8.30. The van der Waals surface area contributed by atoms with Crippen LogP contribution >= 0.6 is 0 Å². The van der Waals surface area contributed by atoms with Crippen LogP contribution in [0.2, 0.25) is 0 Å². The zero-order chi connectivity index (χ0) is 23.2. The van der Waals surface area contributed by atoms with Crippen molar-refractivity contribution in [1.82, 2.24) is 0 Å². The second-order valence-corrected chi connectivity index (χ2v) is 7.33. The maximum Gasteiger partial charge on any atom is 0.297 e. The number of hydrogen-bond donors (Lipinski definition) is 7. The van der Waals surface area contributed by atoms with Crippen molar-refractivity contribution in [3.63, 3.8) is 0 Å². The average molecular weight is 448 g/mol. The highest BCUT2D eigenvalue weighted by Gasteiger charge is 2.43. The third-order valence-corrected chi connectivity index (χ3v) is 5.15. The van der Waals surface area contributed by atoms with Gasteiger partial charge in [-0.25, -0.2) is 0 Å². The molecule has 3 aromatic rings. The van der Waals surface area contributed by atoms with E-state index in [4.69, 9.17) is 13.9 Å². The van der Waals surface area contributed by atoms with E-state index in [9.17, 15) is 40.5 Å². The van der Waals surface area contributed by atoms with E-state index in [2.05, 4.69) is 0 Å². The molecule has 11 nitrogen and oxygen atoms in total. The summed E-state index contributed by atoms with van der Waals surface area (Å²) in [4.78, 5) is 13.2. The van der Waals surface area contributed by atoms with Gasteiger partial charge in [0.25, 0.3) is 5.95 Å². The fourth-order valence-corrected chi connectivity index (χ4v) is 3.45. The summed E-state index contributed by atoms with van der Waals surface area (Å²) >= 11 is 0. The van der Waals surface area contributed by atoms with Crippen molar-refractivity contribution in [3.8, 4) is 34.3 Å². The zero-order valence-corrected chi connectivity index (χ0v) is 16.3. The number of ether oxygens (including phenoxy) is 2. The lowest BCUT2D eigenvalue weighted by atomic mass is 9.99. The van der Waals surface area contributed by atoms with Crippen molar-refractivity contribution in [1.29, 1.82) is 0 Å². The maximum absolute atomic E-state index is 13.2. The highest BCUT2D eigenvalue weighted by atomic mass is 16.7. The molecular formula is C21H20O11. The zero-order valence-electron chi connectivity index (χ0n) is 16.3. The molecule has 1 aliphatic rings. The Labute approximate surface area is 179 Å². The quantitative estimate of drug-likeness (QED) is 0.279. The largest absolute Gasteiger partial charge is 0.508 e. The summed E-state index contributed by atoms with van der Waals surface area (Å²) in [7, 11) is 0. The SMILES string of the molecule is O=c1c(-c2ccc(O)cc2)c(OCC2OC(O)C(O)C(O)C2O)oc2c(O)cc(O)cc12. The fourth-order valence-electron chi connectivity index (χ4n) is 3.45. The lowest BCUT2D eigenvalue weighted by Crippen LogP contribution is -2.58. The molecule has 1 saturated heterocycles. The lowest BCUT2D eigenvalue weighted by molar-refractivity contribution is -0.285. The van der Waals surface area contributed by atoms with Gasteiger partial charge in [-0.2, -0.15) is 0 Å². The molecule has 0 amide bonds. The van der Waals surface area contributed by atoms with E-state index in [1.165, 1.54) is 24.3 Å². The number of phenols is 3. The number of aliphatic hydroxyl groups excluding tert-OH is 4. The first-order chi connectivity index (χ1) is 15.2. The predicted octanol–water partition coefficient (Wildman–Crippen LogP) is -0.245. The van der Waals surface area contributed by atoms with Crippen LogP contribution in [-0.2, 0) is 4.74 Å². The highest BCUT2D eigenvalue weighted by Crippen LogP contribution is 2.36. The molecule has 170 valence electrons. The van der Waals surface area contributed by atoms with Gasteiger partial charge in [0, 0.05) is 6.07 Å². The van der Waals surface area contributed by atoms with Crippen molar-refractivity contribution in [3.05, 3.63) is 46.6 Å². The van der Waals surface area contributed by atoms with Crippen LogP contribution in [0.15, 0.2) is 45.6 Å². The molecule has 5 atom stereocenters. The van der Waals surface area contributed by atoms with Crippen molar-refractivity contribution in [2.24, 2.45) is 0 Å². The number of aromatic hydroxyl groups is 3. The van der Waals surface area contributed by atoms with Crippen LogP contribution in [-0.4, -0.2) is 73.1 Å². The average Bonchev–Trinajstić information content (AvgIpc) is 2.75. The van der Waals surface area contributed by atoms with Gasteiger partial charge in [-0.05, 0) is 23.8 Å². The van der Waals surface area contributed by atoms with Crippen LogP contribution in [0.25, 0.3) is 22.1 Å². The monoisotopic (exact) mass is 448 g/mol. The third kappa shape index (κ3) is 3.83. The van der Waals surface area contributed by atoms with Crippen LogP contribution in [0.4, 0.5) is 0 Å². The minimum Gasteiger partial charge on any atom is -0.508 e. The normalized spacial score (nSPS) is 25.7. The summed E-state index contributed by atoms with van der Waals surface area (Å²) < 4.78 is 16.2. The Hall–Kier alpha value is -3.35. The molecule has 2 heterocycles. The molecule has 7 N–H and O–H groups in total. The molecule has 0 spiro atoms. The Bertz CT molecular complexity index is 1190. The first-order valence-electron chi connectivity index (χ1n) is 9.50. The van der Waals surface area contributed by atoms with Crippen LogP contribution < -0.4 is 10.2 Å². The molecule has 4 rings (SSSR count). The summed E-state index contributed by atoms with van der Waals surface area (Å²) in [5.41, 5.74) is -0.782. The van der Waals surface area contributed by atoms with Gasteiger partial charge in [-0.3, -0.25) is 4.79 Å². The van der Waals surface area contributed by atoms with Crippen LogP contribution in [0, 0.1) is 0 Å². The first-order valence-corrected chi connectivity index (χ1v) is 9.50. The van der Waals surface area contributed by atoms with Crippen molar-refractivity contribution in [2.75, 3.05) is 6.61 Å². The number of phenolic OH excluding ortho intramolecular Hbond substituents is 3. The molecule has 1 aliphatic heterocycles. The Morgan fingerprint density at radius 2 is 1.56 bits per heavy atom. The Kier molecular flexibility index (Phi) is 5.67. The second-order valence-electron chi connectivity index (χ2n) is 7.33. The van der Waals surface area contributed by atoms with Crippen molar-refractivity contribution >= 4 is 11.0 Å². The maximum atomic E-state index is 13.2. The molecule has 32 heavy (non-hydrogen) atoms. The Morgan fingerprint density at radius 3 is 2.25 bits per heavy atom. The number of hydrogen-bond acceptors (Lipinski definition) is 11. The van der Waals surface area contributed by atoms with Gasteiger partial charge >= 0.3 is 0 Å². The van der Waals surface area contributed by atoms with Crippen molar-refractivity contribution in [2.45, 2.75) is 30.7 Å². The molecule has 0 radical (unpaired) electrons. The predicted molar refractivity (Wildman–Crippen MR) is 107 cm³/mol.